The summed E-state index contributed by atoms with van der Waals surface area (Å²) < 4.78 is 50.2. The molecule has 0 amide bonds. The lowest BCUT2D eigenvalue weighted by Gasteiger charge is -2.27. The van der Waals surface area contributed by atoms with E-state index in [4.69, 9.17) is 4.74 Å². The minimum atomic E-state index is -3.44. The van der Waals surface area contributed by atoms with Crippen molar-refractivity contribution in [3.63, 3.8) is 0 Å². The summed E-state index contributed by atoms with van der Waals surface area (Å²) in [6.45, 7) is 1.84. The van der Waals surface area contributed by atoms with E-state index in [9.17, 15) is 12.8 Å². The zero-order valence-electron chi connectivity index (χ0n) is 20.2. The molecule has 5 rings (SSSR count). The number of hydrogen-bond donors (Lipinski definition) is 1. The van der Waals surface area contributed by atoms with E-state index in [0.717, 1.165) is 47.8 Å². The van der Waals surface area contributed by atoms with Crippen LogP contribution in [0.4, 0.5) is 4.39 Å². The summed E-state index contributed by atoms with van der Waals surface area (Å²) in [6.07, 6.45) is 5.36. The van der Waals surface area contributed by atoms with Gasteiger partial charge in [0.25, 0.3) is 0 Å². The SMILES string of the molecule is CC(NS(=O)(=O)CC1CCCC1)C(Oc1ccc2c(cnn2-c2ccc(F)cc2)c1)c1ccccc1. The summed E-state index contributed by atoms with van der Waals surface area (Å²) in [5.74, 6) is 0.696. The Morgan fingerprint density at radius 3 is 2.50 bits per heavy atom. The van der Waals surface area contributed by atoms with Gasteiger partial charge in [0.2, 0.25) is 10.0 Å². The van der Waals surface area contributed by atoms with Crippen LogP contribution in [-0.2, 0) is 10.0 Å². The number of rotatable bonds is 9. The van der Waals surface area contributed by atoms with E-state index in [-0.39, 0.29) is 17.5 Å². The minimum Gasteiger partial charge on any atom is -0.484 e. The van der Waals surface area contributed by atoms with Gasteiger partial charge in [-0.05, 0) is 73.7 Å². The first-order chi connectivity index (χ1) is 17.4. The third-order valence-corrected chi connectivity index (χ3v) is 8.39. The second-order valence-electron chi connectivity index (χ2n) is 9.54. The molecule has 1 N–H and O–H groups in total. The third-order valence-electron chi connectivity index (χ3n) is 6.75. The Labute approximate surface area is 211 Å². The topological polar surface area (TPSA) is 73.2 Å². The smallest absolute Gasteiger partial charge is 0.212 e. The molecule has 2 unspecified atom stereocenters. The number of benzene rings is 3. The number of hydrogen-bond acceptors (Lipinski definition) is 4. The molecule has 1 saturated carbocycles. The first-order valence-corrected chi connectivity index (χ1v) is 14.0. The van der Waals surface area contributed by atoms with Crippen molar-refractivity contribution in [2.45, 2.75) is 44.8 Å². The molecule has 188 valence electrons. The second kappa shape index (κ2) is 10.4. The van der Waals surface area contributed by atoms with Gasteiger partial charge in [-0.15, -0.1) is 0 Å². The van der Waals surface area contributed by atoms with Crippen molar-refractivity contribution in [2.24, 2.45) is 5.92 Å². The predicted octanol–water partition coefficient (Wildman–Crippen LogP) is 5.78. The standard InChI is InChI=1S/C28H30FN3O3S/c1-20(31-36(33,34)19-21-7-5-6-8-21)28(22-9-3-2-4-10-22)35-26-15-16-27-23(17-26)18-30-32(27)25-13-11-24(29)12-14-25/h2-4,9-18,20-21,28,31H,5-8,19H2,1H3. The van der Waals surface area contributed by atoms with E-state index in [2.05, 4.69) is 9.82 Å². The van der Waals surface area contributed by atoms with E-state index in [1.54, 1.807) is 23.0 Å². The van der Waals surface area contributed by atoms with Crippen LogP contribution in [0.5, 0.6) is 5.75 Å². The Bertz CT molecular complexity index is 1420. The Morgan fingerprint density at radius 2 is 1.78 bits per heavy atom. The van der Waals surface area contributed by atoms with Crippen LogP contribution < -0.4 is 9.46 Å². The molecule has 1 aliphatic rings. The molecule has 2 atom stereocenters. The largest absolute Gasteiger partial charge is 0.484 e. The van der Waals surface area contributed by atoms with Gasteiger partial charge in [0.05, 0.1) is 29.2 Å². The zero-order valence-corrected chi connectivity index (χ0v) is 21.0. The van der Waals surface area contributed by atoms with E-state index >= 15 is 0 Å². The molecule has 0 radical (unpaired) electrons. The Hall–Kier alpha value is -3.23. The van der Waals surface area contributed by atoms with Gasteiger partial charge in [0, 0.05) is 5.39 Å². The molecule has 0 spiro atoms. The van der Waals surface area contributed by atoms with E-state index < -0.39 is 22.2 Å². The lowest BCUT2D eigenvalue weighted by molar-refractivity contribution is 0.173. The lowest BCUT2D eigenvalue weighted by Crippen LogP contribution is -2.41. The van der Waals surface area contributed by atoms with Crippen LogP contribution in [0.3, 0.4) is 0 Å². The molecule has 0 aliphatic heterocycles. The van der Waals surface area contributed by atoms with Gasteiger partial charge in [0.1, 0.15) is 17.7 Å². The molecule has 4 aromatic rings. The Kier molecular flexibility index (Phi) is 7.07. The average molecular weight is 508 g/mol. The van der Waals surface area contributed by atoms with Crippen LogP contribution in [0.2, 0.25) is 0 Å². The number of nitrogens with one attached hydrogen (secondary N) is 1. The van der Waals surface area contributed by atoms with Crippen molar-refractivity contribution in [1.82, 2.24) is 14.5 Å². The van der Waals surface area contributed by atoms with Crippen LogP contribution in [0, 0.1) is 11.7 Å². The van der Waals surface area contributed by atoms with Crippen LogP contribution in [0.15, 0.2) is 79.0 Å². The zero-order chi connectivity index (χ0) is 25.1. The summed E-state index contributed by atoms with van der Waals surface area (Å²) in [4.78, 5) is 0. The number of sulfonamides is 1. The molecule has 6 nitrogen and oxygen atoms in total. The fraction of sp³-hybridized carbons (Fsp3) is 0.321. The molecular weight excluding hydrogens is 477 g/mol. The number of nitrogens with zero attached hydrogens (tertiary/aromatic N) is 2. The molecule has 8 heteroatoms. The van der Waals surface area contributed by atoms with Crippen molar-refractivity contribution in [2.75, 3.05) is 5.75 Å². The van der Waals surface area contributed by atoms with Gasteiger partial charge in [-0.3, -0.25) is 0 Å². The van der Waals surface area contributed by atoms with E-state index in [1.165, 1.54) is 12.1 Å². The molecule has 0 saturated heterocycles. The molecule has 3 aromatic carbocycles. The first kappa shape index (κ1) is 24.5. The monoisotopic (exact) mass is 507 g/mol. The number of halogens is 1. The highest BCUT2D eigenvalue weighted by atomic mass is 32.2. The fourth-order valence-electron chi connectivity index (χ4n) is 5.00. The highest BCUT2D eigenvalue weighted by Gasteiger charge is 2.28. The van der Waals surface area contributed by atoms with E-state index in [1.807, 2.05) is 55.5 Å². The van der Waals surface area contributed by atoms with Gasteiger partial charge in [-0.1, -0.05) is 43.2 Å². The summed E-state index contributed by atoms with van der Waals surface area (Å²) in [5, 5.41) is 5.31. The number of aromatic nitrogens is 2. The lowest BCUT2D eigenvalue weighted by atomic mass is 10.0. The highest BCUT2D eigenvalue weighted by Crippen LogP contribution is 2.30. The van der Waals surface area contributed by atoms with Crippen LogP contribution in [-0.4, -0.2) is 30.0 Å². The van der Waals surface area contributed by atoms with Crippen molar-refractivity contribution in [3.8, 4) is 11.4 Å². The fourth-order valence-corrected chi connectivity index (χ4v) is 6.74. The number of fused-ring (bicyclic) bond motifs is 1. The molecule has 36 heavy (non-hydrogen) atoms. The second-order valence-corrected chi connectivity index (χ2v) is 11.3. The molecule has 1 heterocycles. The minimum absolute atomic E-state index is 0.160. The molecule has 1 fully saturated rings. The normalized spacial score (nSPS) is 16.3. The van der Waals surface area contributed by atoms with E-state index in [0.29, 0.717) is 5.75 Å². The molecule has 0 bridgehead atoms. The maximum atomic E-state index is 13.3. The Balaban J connectivity index is 1.38. The molecule has 1 aliphatic carbocycles. The van der Waals surface area contributed by atoms with Gasteiger partial charge in [-0.2, -0.15) is 5.10 Å². The van der Waals surface area contributed by atoms with Crippen molar-refractivity contribution >= 4 is 20.9 Å². The maximum absolute atomic E-state index is 13.3. The van der Waals surface area contributed by atoms with Gasteiger partial charge >= 0.3 is 0 Å². The molecular formula is C28H30FN3O3S. The molecule has 1 aromatic heterocycles. The van der Waals surface area contributed by atoms with Crippen molar-refractivity contribution in [3.05, 3.63) is 90.4 Å². The highest BCUT2D eigenvalue weighted by molar-refractivity contribution is 7.89. The Morgan fingerprint density at radius 1 is 1.06 bits per heavy atom. The van der Waals surface area contributed by atoms with Crippen molar-refractivity contribution in [1.29, 1.82) is 0 Å². The summed E-state index contributed by atoms with van der Waals surface area (Å²) in [5.41, 5.74) is 2.50. The van der Waals surface area contributed by atoms with Crippen LogP contribution in [0.25, 0.3) is 16.6 Å². The quantitative estimate of drug-likeness (QED) is 0.312. The third kappa shape index (κ3) is 5.60. The first-order valence-electron chi connectivity index (χ1n) is 12.3. The van der Waals surface area contributed by atoms with Gasteiger partial charge in [-0.25, -0.2) is 22.2 Å². The van der Waals surface area contributed by atoms with Crippen LogP contribution >= 0.6 is 0 Å². The summed E-state index contributed by atoms with van der Waals surface area (Å²) in [6, 6.07) is 21.0. The maximum Gasteiger partial charge on any atom is 0.212 e. The van der Waals surface area contributed by atoms with Crippen LogP contribution in [0.1, 0.15) is 44.3 Å². The van der Waals surface area contributed by atoms with Crippen molar-refractivity contribution < 1.29 is 17.5 Å². The van der Waals surface area contributed by atoms with Gasteiger partial charge < -0.3 is 4.74 Å². The van der Waals surface area contributed by atoms with Gasteiger partial charge in [0.15, 0.2) is 0 Å². The summed E-state index contributed by atoms with van der Waals surface area (Å²) in [7, 11) is -3.44. The number of ether oxygens (including phenoxy) is 1. The summed E-state index contributed by atoms with van der Waals surface area (Å²) >= 11 is 0. The average Bonchev–Trinajstić information content (AvgIpc) is 3.52. The predicted molar refractivity (Wildman–Crippen MR) is 139 cm³/mol.